The van der Waals surface area contributed by atoms with E-state index in [-0.39, 0.29) is 56.6 Å². The average Bonchev–Trinajstić information content (AvgIpc) is 3.22. The van der Waals surface area contributed by atoms with E-state index in [2.05, 4.69) is 29.4 Å². The number of hydrogen-bond acceptors (Lipinski definition) is 7. The highest BCUT2D eigenvalue weighted by Gasteiger charge is 2.33. The monoisotopic (exact) mass is 419 g/mol. The van der Waals surface area contributed by atoms with Gasteiger partial charge in [-0.15, -0.1) is 5.06 Å². The van der Waals surface area contributed by atoms with Crippen LogP contribution in [0.3, 0.4) is 0 Å². The van der Waals surface area contributed by atoms with Gasteiger partial charge in [-0.05, 0) is 25.3 Å². The van der Waals surface area contributed by atoms with Crippen molar-refractivity contribution in [1.29, 1.82) is 0 Å². The van der Waals surface area contributed by atoms with Crippen molar-refractivity contribution in [2.45, 2.75) is 58.4 Å². The van der Waals surface area contributed by atoms with Gasteiger partial charge in [0.1, 0.15) is 0 Å². The Kier molecular flexibility index (Phi) is 8.56. The maximum atomic E-state index is 12.3. The predicted octanol–water partition coefficient (Wildman–Crippen LogP) is -0.273. The molecule has 0 aliphatic carbocycles. The number of amides is 4. The lowest BCUT2D eigenvalue weighted by Crippen LogP contribution is -2.45. The Bertz CT molecular complexity index is 635. The Hall–Kier alpha value is -2.49. The van der Waals surface area contributed by atoms with Crippen LogP contribution in [0.5, 0.6) is 0 Å². The Morgan fingerprint density at radius 1 is 1.07 bits per heavy atom. The van der Waals surface area contributed by atoms with Crippen molar-refractivity contribution in [3.8, 4) is 0 Å². The maximum absolute atomic E-state index is 12.3. The van der Waals surface area contributed by atoms with E-state index in [4.69, 9.17) is 4.84 Å². The van der Waals surface area contributed by atoms with Crippen molar-refractivity contribution in [3.05, 3.63) is 0 Å². The van der Waals surface area contributed by atoms with E-state index in [0.717, 1.165) is 25.9 Å². The van der Waals surface area contributed by atoms with Gasteiger partial charge >= 0.3 is 5.97 Å². The number of nitrogens with zero attached hydrogens (tertiary/aromatic N) is 2. The SMILES string of the molecule is [13CH3]C([13CH3])[13CH2][15N]1[13CH2][13CH2][13CH2][13CH]1C(=O)NCCC(=O)[15NH]CCC(=O)ON1C(=O)CCC1=O. The highest BCUT2D eigenvalue weighted by atomic mass is 16.7. The second-order valence-corrected chi connectivity index (χ2v) is 7.73. The first kappa shape index (κ1) is 22.8. The van der Waals surface area contributed by atoms with E-state index in [1.54, 1.807) is 0 Å². The number of rotatable bonds is 10. The zero-order valence-corrected chi connectivity index (χ0v) is 17.1. The number of imide groups is 1. The van der Waals surface area contributed by atoms with Crippen molar-refractivity contribution in [3.63, 3.8) is 0 Å². The highest BCUT2D eigenvalue weighted by Crippen LogP contribution is 2.18. The van der Waals surface area contributed by atoms with E-state index in [1.807, 2.05) is 0 Å². The normalized spacial score (nSPS) is 19.7. The van der Waals surface area contributed by atoms with Crippen LogP contribution in [0.1, 0.15) is 52.4 Å². The molecule has 2 rings (SSSR count). The Labute approximate surface area is 170 Å². The van der Waals surface area contributed by atoms with Gasteiger partial charge in [-0.2, -0.15) is 0 Å². The van der Waals surface area contributed by atoms with Crippen molar-refractivity contribution in [1.82, 2.24) is 20.6 Å². The van der Waals surface area contributed by atoms with Crippen molar-refractivity contribution in [2.24, 2.45) is 5.92 Å². The summed E-state index contributed by atoms with van der Waals surface area (Å²) in [5.74, 6) is -1.73. The molecule has 1 atom stereocenters. The molecule has 0 aromatic rings. The highest BCUT2D eigenvalue weighted by molar-refractivity contribution is 6.01. The summed E-state index contributed by atoms with van der Waals surface area (Å²) < 4.78 is 0. The van der Waals surface area contributed by atoms with Gasteiger partial charge < -0.3 is 15.5 Å². The molecule has 10 nitrogen and oxygen atoms in total. The maximum Gasteiger partial charge on any atom is 0.334 e. The fraction of sp³-hybridized carbons (Fsp3) is 0.737. The summed E-state index contributed by atoms with van der Waals surface area (Å²) in [4.78, 5) is 65.4. The molecule has 0 saturated carbocycles. The molecule has 29 heavy (non-hydrogen) atoms. The van der Waals surface area contributed by atoms with Gasteiger partial charge in [0, 0.05) is 38.9 Å². The molecule has 0 radical (unpaired) electrons. The van der Waals surface area contributed by atoms with Crippen LogP contribution in [0.2, 0.25) is 0 Å². The molecular weight excluding hydrogens is 389 g/mol. The standard InChI is InChI=1S/C19H30N4O6/c1-13(2)12-22-11-3-4-14(22)19(28)21-9-7-15(24)20-10-8-18(27)29-23-16(25)5-6-17(23)26/h13-14H,3-12H2,1-2H3,(H,20,24)(H,21,28)/i1+1,2+1,3+1,4+1,11+1,12+1,14+1,20+1,22+1. The van der Waals surface area contributed by atoms with Gasteiger partial charge in [0.15, 0.2) is 0 Å². The molecule has 4 amide bonds. The van der Waals surface area contributed by atoms with Crippen LogP contribution >= 0.6 is 0 Å². The molecule has 2 aliphatic rings. The minimum Gasteiger partial charge on any atom is -0.355 e. The average molecular weight is 419 g/mol. The van der Waals surface area contributed by atoms with Crippen LogP contribution in [-0.2, 0) is 28.8 Å². The molecule has 2 aliphatic heterocycles. The molecule has 0 spiro atoms. The van der Waals surface area contributed by atoms with Gasteiger partial charge in [0.05, 0.1) is 12.5 Å². The minimum atomic E-state index is -0.770. The first-order valence-electron chi connectivity index (χ1n) is 10.1. The van der Waals surface area contributed by atoms with Gasteiger partial charge in [-0.1, -0.05) is 13.8 Å². The number of carbonyl (C=O) groups excluding carboxylic acids is 5. The zero-order valence-electron chi connectivity index (χ0n) is 17.1. The third-order valence-electron chi connectivity index (χ3n) is 4.77. The fourth-order valence-electron chi connectivity index (χ4n) is 3.43. The summed E-state index contributed by atoms with van der Waals surface area (Å²) in [6.45, 7) is 6.28. The van der Waals surface area contributed by atoms with Gasteiger partial charge in [-0.3, -0.25) is 24.1 Å². The number of hydroxylamine groups is 2. The molecule has 2 N–H and O–H groups in total. The van der Waals surface area contributed by atoms with Crippen LogP contribution in [0, 0.1) is 5.92 Å². The van der Waals surface area contributed by atoms with Crippen LogP contribution < -0.4 is 10.6 Å². The third-order valence-corrected chi connectivity index (χ3v) is 4.77. The summed E-state index contributed by atoms with van der Waals surface area (Å²) in [5, 5.41) is 5.83. The number of hydrogen-bond donors (Lipinski definition) is 2. The zero-order chi connectivity index (χ0) is 21.4. The molecule has 2 fully saturated rings. The number of likely N-dealkylation sites (tertiary alicyclic amines) is 1. The van der Waals surface area contributed by atoms with Crippen molar-refractivity contribution < 1.29 is 28.8 Å². The third kappa shape index (κ3) is 7.12. The summed E-state index contributed by atoms with van der Waals surface area (Å²) in [5.41, 5.74) is 0. The second-order valence-electron chi connectivity index (χ2n) is 7.73. The van der Waals surface area contributed by atoms with Gasteiger partial charge in [-0.25, -0.2) is 4.79 Å². The minimum absolute atomic E-state index is 0.0205. The molecular formula is C19H30N4O6. The Morgan fingerprint density at radius 3 is 2.38 bits per heavy atom. The van der Waals surface area contributed by atoms with E-state index < -0.39 is 17.8 Å². The lowest BCUT2D eigenvalue weighted by Gasteiger charge is -2.25. The molecule has 0 bridgehead atoms. The van der Waals surface area contributed by atoms with E-state index in [1.165, 1.54) is 0 Å². The number of carbonyl (C=O) groups is 5. The van der Waals surface area contributed by atoms with E-state index in [0.29, 0.717) is 11.0 Å². The number of nitrogens with one attached hydrogen (secondary N) is 2. The summed E-state index contributed by atoms with van der Waals surface area (Å²) >= 11 is 0. The van der Waals surface area contributed by atoms with Crippen LogP contribution in [0.25, 0.3) is 0 Å². The topological polar surface area (TPSA) is 125 Å². The first-order valence-corrected chi connectivity index (χ1v) is 10.1. The predicted molar refractivity (Wildman–Crippen MR) is 102 cm³/mol. The molecule has 10 heteroatoms. The summed E-state index contributed by atoms with van der Waals surface area (Å²) in [7, 11) is 0. The second kappa shape index (κ2) is 10.9. The summed E-state index contributed by atoms with van der Waals surface area (Å²) in [6.07, 6.45) is 1.82. The molecule has 2 saturated heterocycles. The molecule has 0 aromatic carbocycles. The van der Waals surface area contributed by atoms with Gasteiger partial charge in [0.2, 0.25) is 11.8 Å². The van der Waals surface area contributed by atoms with Crippen molar-refractivity contribution >= 4 is 29.6 Å². The van der Waals surface area contributed by atoms with Crippen LogP contribution in [-0.4, -0.2) is 71.8 Å². The van der Waals surface area contributed by atoms with Crippen LogP contribution in [0.15, 0.2) is 0 Å². The van der Waals surface area contributed by atoms with Crippen molar-refractivity contribution in [2.75, 3.05) is 26.2 Å². The van der Waals surface area contributed by atoms with E-state index >= 15 is 0 Å². The molecule has 0 aromatic heterocycles. The summed E-state index contributed by atoms with van der Waals surface area (Å²) in [6, 6.07) is -0.133. The van der Waals surface area contributed by atoms with Crippen LogP contribution in [0.4, 0.5) is 0 Å². The van der Waals surface area contributed by atoms with Gasteiger partial charge in [0.25, 0.3) is 11.8 Å². The quantitative estimate of drug-likeness (QED) is 0.284. The lowest BCUT2D eigenvalue weighted by molar-refractivity contribution is -0.197. The first-order chi connectivity index (χ1) is 13.8. The molecule has 162 valence electrons. The smallest absolute Gasteiger partial charge is 0.334 e. The lowest BCUT2D eigenvalue weighted by atomic mass is 10.4. The fourth-order valence-corrected chi connectivity index (χ4v) is 3.43. The van der Waals surface area contributed by atoms with E-state index in [9.17, 15) is 24.0 Å². The molecule has 1 unspecified atom stereocenters. The largest absolute Gasteiger partial charge is 0.355 e. The molecule has 2 heterocycles. The Balaban J connectivity index is 1.58. The Morgan fingerprint density at radius 2 is 1.72 bits per heavy atom.